The van der Waals surface area contributed by atoms with E-state index in [1.165, 1.54) is 30.5 Å². The smallest absolute Gasteiger partial charge is 0.325 e. The summed E-state index contributed by atoms with van der Waals surface area (Å²) >= 11 is 1.29. The molecule has 5 nitrogen and oxygen atoms in total. The molecule has 0 aliphatic carbocycles. The number of amides is 1. The number of hydrogen-bond donors (Lipinski definition) is 0. The van der Waals surface area contributed by atoms with E-state index >= 15 is 0 Å². The summed E-state index contributed by atoms with van der Waals surface area (Å²) < 4.78 is 9.63. The molecule has 94 valence electrons. The Balaban J connectivity index is 2.82. The Hall–Kier alpha value is -1.56. The van der Waals surface area contributed by atoms with Crippen molar-refractivity contribution >= 4 is 23.2 Å². The predicted molar refractivity (Wildman–Crippen MR) is 64.5 cm³/mol. The van der Waals surface area contributed by atoms with E-state index in [-0.39, 0.29) is 12.5 Å². The van der Waals surface area contributed by atoms with Crippen LogP contribution in [0.25, 0.3) is 0 Å². The Morgan fingerprint density at radius 2 is 2.12 bits per heavy atom. The van der Waals surface area contributed by atoms with Gasteiger partial charge >= 0.3 is 5.97 Å². The van der Waals surface area contributed by atoms with Gasteiger partial charge in [-0.25, -0.2) is 0 Å². The van der Waals surface area contributed by atoms with Gasteiger partial charge in [0.05, 0.1) is 14.2 Å². The highest BCUT2D eigenvalue weighted by Gasteiger charge is 2.21. The van der Waals surface area contributed by atoms with Crippen molar-refractivity contribution in [3.8, 4) is 5.75 Å². The zero-order valence-electron chi connectivity index (χ0n) is 10.1. The normalized spacial score (nSPS) is 9.82. The average Bonchev–Trinajstić information content (AvgIpc) is 2.82. The fraction of sp³-hybridized carbons (Fsp3) is 0.455. The van der Waals surface area contributed by atoms with Gasteiger partial charge in [0.2, 0.25) is 0 Å². The molecule has 0 atom stereocenters. The molecule has 0 aliphatic rings. The molecule has 0 aromatic carbocycles. The molecule has 0 fully saturated rings. The van der Waals surface area contributed by atoms with Crippen LogP contribution in [0.5, 0.6) is 5.75 Å². The van der Waals surface area contributed by atoms with E-state index in [0.29, 0.717) is 17.2 Å². The van der Waals surface area contributed by atoms with Crippen molar-refractivity contribution in [2.75, 3.05) is 27.3 Å². The van der Waals surface area contributed by atoms with E-state index in [2.05, 4.69) is 4.74 Å². The minimum Gasteiger partial charge on any atom is -0.495 e. The molecular weight excluding hydrogens is 242 g/mol. The molecule has 0 radical (unpaired) electrons. The van der Waals surface area contributed by atoms with Crippen molar-refractivity contribution in [2.45, 2.75) is 6.92 Å². The van der Waals surface area contributed by atoms with E-state index in [1.807, 2.05) is 0 Å². The van der Waals surface area contributed by atoms with Gasteiger partial charge in [0.1, 0.15) is 17.2 Å². The first-order chi connectivity index (χ1) is 8.13. The maximum absolute atomic E-state index is 12.1. The highest BCUT2D eigenvalue weighted by atomic mass is 32.1. The van der Waals surface area contributed by atoms with Crippen LogP contribution >= 0.6 is 11.3 Å². The SMILES string of the molecule is CCN(CC(=O)OC)C(=O)c1sccc1OC. The summed E-state index contributed by atoms with van der Waals surface area (Å²) in [6.45, 7) is 2.20. The van der Waals surface area contributed by atoms with Gasteiger partial charge in [-0.1, -0.05) is 0 Å². The van der Waals surface area contributed by atoms with Crippen LogP contribution < -0.4 is 4.74 Å². The highest BCUT2D eigenvalue weighted by molar-refractivity contribution is 7.12. The molecule has 0 spiro atoms. The summed E-state index contributed by atoms with van der Waals surface area (Å²) in [5.41, 5.74) is 0. The van der Waals surface area contributed by atoms with E-state index in [1.54, 1.807) is 18.4 Å². The van der Waals surface area contributed by atoms with Crippen LogP contribution in [0.1, 0.15) is 16.6 Å². The lowest BCUT2D eigenvalue weighted by Gasteiger charge is -2.18. The summed E-state index contributed by atoms with van der Waals surface area (Å²) in [6.07, 6.45) is 0. The van der Waals surface area contributed by atoms with E-state index in [0.717, 1.165) is 0 Å². The van der Waals surface area contributed by atoms with E-state index in [4.69, 9.17) is 4.74 Å². The van der Waals surface area contributed by atoms with E-state index < -0.39 is 5.97 Å². The fourth-order valence-corrected chi connectivity index (χ4v) is 2.13. The molecule has 6 heteroatoms. The largest absolute Gasteiger partial charge is 0.495 e. The number of rotatable bonds is 5. The Bertz CT molecular complexity index is 402. The van der Waals surface area contributed by atoms with Gasteiger partial charge in [-0.3, -0.25) is 9.59 Å². The first-order valence-corrected chi connectivity index (χ1v) is 5.99. The van der Waals surface area contributed by atoms with Gasteiger partial charge in [0.25, 0.3) is 5.91 Å². The van der Waals surface area contributed by atoms with Crippen molar-refractivity contribution in [1.82, 2.24) is 4.90 Å². The minimum absolute atomic E-state index is 0.0487. The van der Waals surface area contributed by atoms with Crippen molar-refractivity contribution in [2.24, 2.45) is 0 Å². The van der Waals surface area contributed by atoms with Crippen LogP contribution in [-0.2, 0) is 9.53 Å². The van der Waals surface area contributed by atoms with Gasteiger partial charge < -0.3 is 14.4 Å². The van der Waals surface area contributed by atoms with Gasteiger partial charge in [0.15, 0.2) is 0 Å². The van der Waals surface area contributed by atoms with Gasteiger partial charge in [-0.2, -0.15) is 0 Å². The summed E-state index contributed by atoms with van der Waals surface area (Å²) in [5.74, 6) is -0.121. The van der Waals surface area contributed by atoms with Crippen LogP contribution in [0.15, 0.2) is 11.4 Å². The standard InChI is InChI=1S/C11H15NO4S/c1-4-12(7-9(13)16-3)11(14)10-8(15-2)5-6-17-10/h5-6H,4,7H2,1-3H3. The van der Waals surface area contributed by atoms with Gasteiger partial charge in [0, 0.05) is 6.54 Å². The molecule has 0 saturated heterocycles. The number of methoxy groups -OCH3 is 2. The number of esters is 1. The van der Waals surface area contributed by atoms with Crippen LogP contribution in [0.2, 0.25) is 0 Å². The summed E-state index contributed by atoms with van der Waals surface area (Å²) in [6, 6.07) is 1.73. The Morgan fingerprint density at radius 3 is 2.65 bits per heavy atom. The third kappa shape index (κ3) is 3.20. The maximum Gasteiger partial charge on any atom is 0.325 e. The van der Waals surface area contributed by atoms with Crippen molar-refractivity contribution in [1.29, 1.82) is 0 Å². The number of nitrogens with zero attached hydrogens (tertiary/aromatic N) is 1. The second-order valence-corrected chi connectivity index (χ2v) is 4.13. The number of hydrogen-bond acceptors (Lipinski definition) is 5. The predicted octanol–water partition coefficient (Wildman–Crippen LogP) is 1.39. The quantitative estimate of drug-likeness (QED) is 0.748. The summed E-state index contributed by atoms with van der Waals surface area (Å²) in [5, 5.41) is 1.78. The van der Waals surface area contributed by atoms with Gasteiger partial charge in [-0.05, 0) is 18.4 Å². The summed E-state index contributed by atoms with van der Waals surface area (Å²) in [7, 11) is 2.81. The molecule has 0 aliphatic heterocycles. The monoisotopic (exact) mass is 257 g/mol. The van der Waals surface area contributed by atoms with Crippen LogP contribution in [0.4, 0.5) is 0 Å². The molecule has 1 amide bonds. The molecule has 1 aromatic heterocycles. The zero-order chi connectivity index (χ0) is 12.8. The van der Waals surface area contributed by atoms with Crippen LogP contribution in [0.3, 0.4) is 0 Å². The molecule has 17 heavy (non-hydrogen) atoms. The topological polar surface area (TPSA) is 55.8 Å². The zero-order valence-corrected chi connectivity index (χ0v) is 10.9. The third-order valence-corrected chi connectivity index (χ3v) is 3.14. The Morgan fingerprint density at radius 1 is 1.41 bits per heavy atom. The summed E-state index contributed by atoms with van der Waals surface area (Å²) in [4.78, 5) is 25.2. The number of likely N-dealkylation sites (N-methyl/N-ethyl adjacent to an activating group) is 1. The van der Waals surface area contributed by atoms with Crippen molar-refractivity contribution in [3.63, 3.8) is 0 Å². The lowest BCUT2D eigenvalue weighted by Crippen LogP contribution is -2.35. The number of carbonyl (C=O) groups is 2. The number of ether oxygens (including phenoxy) is 2. The average molecular weight is 257 g/mol. The Kier molecular flexibility index (Phi) is 4.96. The van der Waals surface area contributed by atoms with Gasteiger partial charge in [-0.15, -0.1) is 11.3 Å². The molecular formula is C11H15NO4S. The van der Waals surface area contributed by atoms with Crippen molar-refractivity contribution < 1.29 is 19.1 Å². The van der Waals surface area contributed by atoms with Crippen molar-refractivity contribution in [3.05, 3.63) is 16.3 Å². The molecule has 0 N–H and O–H groups in total. The minimum atomic E-state index is -0.435. The molecule has 0 unspecified atom stereocenters. The fourth-order valence-electron chi connectivity index (χ4n) is 1.31. The second-order valence-electron chi connectivity index (χ2n) is 3.21. The molecule has 0 bridgehead atoms. The first kappa shape index (κ1) is 13.5. The number of thiophene rings is 1. The van der Waals surface area contributed by atoms with Crippen LogP contribution in [-0.4, -0.2) is 44.1 Å². The molecule has 1 rings (SSSR count). The maximum atomic E-state index is 12.1. The lowest BCUT2D eigenvalue weighted by atomic mass is 10.3. The third-order valence-electron chi connectivity index (χ3n) is 2.26. The van der Waals surface area contributed by atoms with Crippen LogP contribution in [0, 0.1) is 0 Å². The van der Waals surface area contributed by atoms with E-state index in [9.17, 15) is 9.59 Å². The molecule has 1 aromatic rings. The number of carbonyl (C=O) groups excluding carboxylic acids is 2. The molecule has 1 heterocycles. The highest BCUT2D eigenvalue weighted by Crippen LogP contribution is 2.25. The second kappa shape index (κ2) is 6.24. The lowest BCUT2D eigenvalue weighted by molar-refractivity contribution is -0.141. The Labute approximate surface area is 104 Å². The molecule has 0 saturated carbocycles. The first-order valence-electron chi connectivity index (χ1n) is 5.11.